The molecule has 7 N–H and O–H groups in total. The van der Waals surface area contributed by atoms with Crippen LogP contribution in [0.25, 0.3) is 22.3 Å². The second-order valence-electron chi connectivity index (χ2n) is 18.5. The maximum Gasteiger partial charge on any atom is 0.343 e. The van der Waals surface area contributed by atoms with Crippen LogP contribution in [0.3, 0.4) is 0 Å². The first kappa shape index (κ1) is 51.3. The Morgan fingerprint density at radius 1 is 0.944 bits per heavy atom. The van der Waals surface area contributed by atoms with Crippen molar-refractivity contribution in [3.8, 4) is 17.1 Å². The fourth-order valence-corrected chi connectivity index (χ4v) is 10.5. The normalized spacial score (nSPS) is 17.2. The Bertz CT molecular complexity index is 2900. The van der Waals surface area contributed by atoms with Crippen LogP contribution in [0.1, 0.15) is 93.5 Å². The molecule has 0 bridgehead atoms. The van der Waals surface area contributed by atoms with Crippen LogP contribution in [0, 0.1) is 5.92 Å². The summed E-state index contributed by atoms with van der Waals surface area (Å²) in [4.78, 5) is 109. The molecule has 4 aromatic rings. The van der Waals surface area contributed by atoms with Crippen molar-refractivity contribution in [2.75, 3.05) is 31.0 Å². The Hall–Kier alpha value is -7.10. The summed E-state index contributed by atoms with van der Waals surface area (Å²) in [5.74, 6) is -1.80. The molecule has 2 aromatic carbocycles. The molecule has 0 radical (unpaired) electrons. The van der Waals surface area contributed by atoms with Gasteiger partial charge in [0.05, 0.1) is 40.5 Å². The van der Waals surface area contributed by atoms with E-state index in [2.05, 4.69) is 21.3 Å². The van der Waals surface area contributed by atoms with Gasteiger partial charge in [0.2, 0.25) is 17.7 Å². The number of imide groups is 1. The van der Waals surface area contributed by atoms with Gasteiger partial charge in [-0.3, -0.25) is 33.7 Å². The van der Waals surface area contributed by atoms with E-state index < -0.39 is 41.5 Å². The third kappa shape index (κ3) is 10.9. The highest BCUT2D eigenvalue weighted by Gasteiger charge is 2.46. The van der Waals surface area contributed by atoms with E-state index in [-0.39, 0.29) is 92.7 Å². The number of anilines is 1. The van der Waals surface area contributed by atoms with Crippen molar-refractivity contribution in [3.63, 3.8) is 0 Å². The number of unbranched alkanes of at least 4 members (excludes halogenated alkanes) is 2. The van der Waals surface area contributed by atoms with E-state index in [0.717, 1.165) is 49.6 Å². The number of fused-ring (bicyclic) bond motifs is 5. The van der Waals surface area contributed by atoms with Crippen LogP contribution in [0.5, 0.6) is 5.75 Å². The molecule has 72 heavy (non-hydrogen) atoms. The second-order valence-corrected chi connectivity index (χ2v) is 19.6. The molecular formula is C51H58N8O12S. The van der Waals surface area contributed by atoms with Gasteiger partial charge < -0.3 is 50.9 Å². The molecule has 0 unspecified atom stereocenters. The number of aryl methyl sites for hydroxylation is 1. The van der Waals surface area contributed by atoms with Crippen LogP contribution >= 0.6 is 11.8 Å². The molecule has 0 saturated heterocycles. The third-order valence-electron chi connectivity index (χ3n) is 13.3. The number of nitrogens with one attached hydrogen (secondary N) is 4. The van der Waals surface area contributed by atoms with E-state index in [1.54, 1.807) is 67.4 Å². The Morgan fingerprint density at radius 2 is 1.71 bits per heavy atom. The molecule has 20 nitrogen and oxygen atoms in total. The van der Waals surface area contributed by atoms with Gasteiger partial charge >= 0.3 is 12.0 Å². The predicted molar refractivity (Wildman–Crippen MR) is 264 cm³/mol. The number of hydrogen-bond acceptors (Lipinski definition) is 14. The number of cyclic esters (lactones) is 1. The number of nitrogens with zero attached hydrogens (tertiary/aromatic N) is 3. The smallest absolute Gasteiger partial charge is 0.343 e. The standard InChI is InChI=1S/C51H58N8O12S/c1-4-51(68)34-23-37-44-32(24-59(37)48(65)33(34)26-70-49(51)66)31-19-22-72-45-38(16-15-35(55-44)42(31)45)71-27-69-25-29-11-13-30(14-12-29)54-46(63)36(9-8-20-53-50(52)67)56-47(64)43(28(2)3)57-39(60)10-6-5-7-21-58-40(61)17-18-41(58)62/h11-18,23,28,36,43,68H,4-10,19-22,24-27H2,1-3H3,(H,54,63)(H,56,64)(H,57,60)(H3,52,53,67)/t36-,43-,51-/m0/s1. The molecule has 6 heterocycles. The Morgan fingerprint density at radius 3 is 2.43 bits per heavy atom. The number of primary amides is 1. The highest BCUT2D eigenvalue weighted by atomic mass is 32.2. The van der Waals surface area contributed by atoms with Crippen molar-refractivity contribution in [2.45, 2.75) is 114 Å². The molecule has 0 aliphatic carbocycles. The number of aromatic nitrogens is 2. The Kier molecular flexibility index (Phi) is 15.8. The van der Waals surface area contributed by atoms with Gasteiger partial charge in [-0.25, -0.2) is 14.6 Å². The fraction of sp³-hybridized carbons (Fsp3) is 0.431. The van der Waals surface area contributed by atoms with Gasteiger partial charge in [0.1, 0.15) is 24.4 Å². The maximum atomic E-state index is 13.8. The molecule has 0 saturated carbocycles. The summed E-state index contributed by atoms with van der Waals surface area (Å²) < 4.78 is 19.0. The van der Waals surface area contributed by atoms with Gasteiger partial charge in [0.25, 0.3) is 17.4 Å². The number of benzene rings is 2. The zero-order valence-electron chi connectivity index (χ0n) is 40.3. The maximum absolute atomic E-state index is 13.8. The Balaban J connectivity index is 0.851. The molecule has 3 atom stereocenters. The number of hydrogen-bond donors (Lipinski definition) is 6. The first-order chi connectivity index (χ1) is 34.6. The number of pyridine rings is 2. The molecule has 8 rings (SSSR count). The van der Waals surface area contributed by atoms with Gasteiger partial charge in [0, 0.05) is 59.6 Å². The van der Waals surface area contributed by atoms with Crippen LogP contribution in [-0.4, -0.2) is 98.8 Å². The molecular weight excluding hydrogens is 949 g/mol. The van der Waals surface area contributed by atoms with Crippen molar-refractivity contribution in [3.05, 3.63) is 92.8 Å². The minimum absolute atomic E-state index is 0.0585. The van der Waals surface area contributed by atoms with Crippen LogP contribution in [-0.2, 0) is 70.0 Å². The first-order valence-electron chi connectivity index (χ1n) is 24.1. The number of carbonyl (C=O) groups excluding carboxylic acids is 7. The summed E-state index contributed by atoms with van der Waals surface area (Å²) in [5.41, 5.74) is 8.75. The molecule has 4 aliphatic heterocycles. The lowest BCUT2D eigenvalue weighted by atomic mass is 9.86. The summed E-state index contributed by atoms with van der Waals surface area (Å²) in [5, 5.41) is 23.1. The number of rotatable bonds is 22. The number of carbonyl (C=O) groups is 7. The number of nitrogens with two attached hydrogens (primary N) is 1. The van der Waals surface area contributed by atoms with Gasteiger partial charge in [-0.15, -0.1) is 11.8 Å². The Labute approximate surface area is 418 Å². The van der Waals surface area contributed by atoms with Gasteiger partial charge in [-0.1, -0.05) is 39.3 Å². The topological polar surface area (TPSA) is 280 Å². The number of aliphatic hydroxyl groups is 1. The summed E-state index contributed by atoms with van der Waals surface area (Å²) in [6, 6.07) is 9.73. The number of ether oxygens (including phenoxy) is 3. The molecule has 4 aliphatic rings. The molecule has 21 heteroatoms. The zero-order chi connectivity index (χ0) is 51.3. The van der Waals surface area contributed by atoms with E-state index in [0.29, 0.717) is 55.1 Å². The SMILES string of the molecule is CC[C@@]1(O)C(=O)OCc2c1cc1n(c2=O)Cc2c-1nc1ccc(OCOCc3ccc(NC(=O)[C@H](CCCNC(N)=O)NC(=O)[C@@H](NC(=O)CCCCCN4C(=O)C=CC4=O)C(C)C)cc3)c3c1c2CCS3. The van der Waals surface area contributed by atoms with Crippen molar-refractivity contribution in [1.29, 1.82) is 0 Å². The zero-order valence-corrected chi connectivity index (χ0v) is 41.1. The van der Waals surface area contributed by atoms with Crippen molar-refractivity contribution in [2.24, 2.45) is 11.7 Å². The fourth-order valence-electron chi connectivity index (χ4n) is 9.39. The molecule has 2 aromatic heterocycles. The molecule has 0 spiro atoms. The molecule has 380 valence electrons. The van der Waals surface area contributed by atoms with Crippen molar-refractivity contribution >= 4 is 69.9 Å². The largest absolute Gasteiger partial charge is 0.466 e. The first-order valence-corrected chi connectivity index (χ1v) is 25.1. The number of amides is 7. The molecule has 0 fully saturated rings. The van der Waals surface area contributed by atoms with Crippen molar-refractivity contribution in [1.82, 2.24) is 30.4 Å². The predicted octanol–water partition coefficient (Wildman–Crippen LogP) is 3.78. The quantitative estimate of drug-likeness (QED) is 0.0249. The monoisotopic (exact) mass is 1010 g/mol. The van der Waals surface area contributed by atoms with E-state index in [1.807, 2.05) is 12.1 Å². The average Bonchev–Trinajstić information content (AvgIpc) is 3.90. The van der Waals surface area contributed by atoms with E-state index >= 15 is 0 Å². The van der Waals surface area contributed by atoms with Gasteiger partial charge in [-0.2, -0.15) is 0 Å². The van der Waals surface area contributed by atoms with Crippen LogP contribution < -0.4 is 37.3 Å². The van der Waals surface area contributed by atoms with Crippen LogP contribution in [0.15, 0.2) is 64.3 Å². The van der Waals surface area contributed by atoms with Crippen molar-refractivity contribution < 1.29 is 52.9 Å². The van der Waals surface area contributed by atoms with E-state index in [1.165, 1.54) is 12.2 Å². The van der Waals surface area contributed by atoms with Gasteiger partial charge in [0.15, 0.2) is 12.4 Å². The summed E-state index contributed by atoms with van der Waals surface area (Å²) in [6.07, 6.45) is 5.46. The lowest BCUT2D eigenvalue weighted by molar-refractivity contribution is -0.172. The highest BCUT2D eigenvalue weighted by Crippen LogP contribution is 2.47. The third-order valence-corrected chi connectivity index (χ3v) is 14.4. The minimum atomic E-state index is -1.91. The summed E-state index contributed by atoms with van der Waals surface area (Å²) >= 11 is 1.66. The summed E-state index contributed by atoms with van der Waals surface area (Å²) in [7, 11) is 0. The molecule has 7 amide bonds. The van der Waals surface area contributed by atoms with Crippen LogP contribution in [0.4, 0.5) is 10.5 Å². The lowest BCUT2D eigenvalue weighted by Crippen LogP contribution is -2.54. The van der Waals surface area contributed by atoms with Gasteiger partial charge in [-0.05, 0) is 85.9 Å². The van der Waals surface area contributed by atoms with Crippen LogP contribution in [0.2, 0.25) is 0 Å². The lowest BCUT2D eigenvalue weighted by Gasteiger charge is -2.31. The van der Waals surface area contributed by atoms with E-state index in [9.17, 15) is 43.5 Å². The number of esters is 1. The second kappa shape index (κ2) is 22.1. The van der Waals surface area contributed by atoms with E-state index in [4.69, 9.17) is 24.9 Å². The highest BCUT2D eigenvalue weighted by molar-refractivity contribution is 7.99. The number of urea groups is 1. The summed E-state index contributed by atoms with van der Waals surface area (Å²) in [6.45, 7) is 5.89. The number of thioether (sulfide) groups is 1. The minimum Gasteiger partial charge on any atom is -0.466 e. The average molecular weight is 1010 g/mol.